The third kappa shape index (κ3) is 3.61. The first-order valence-corrected chi connectivity index (χ1v) is 10.6. The summed E-state index contributed by atoms with van der Waals surface area (Å²) < 4.78 is 2.42. The molecule has 0 fully saturated rings. The molecule has 0 bridgehead atoms. The van der Waals surface area contributed by atoms with E-state index >= 15 is 0 Å². The summed E-state index contributed by atoms with van der Waals surface area (Å²) in [7, 11) is 0. The van der Waals surface area contributed by atoms with Crippen molar-refractivity contribution in [2.24, 2.45) is 0 Å². The number of carbonyl (C=O) groups excluding carboxylic acids is 1. The fraction of sp³-hybridized carbons (Fsp3) is 0.179. The van der Waals surface area contributed by atoms with E-state index in [-0.39, 0.29) is 0 Å². The first-order chi connectivity index (χ1) is 14.6. The molecule has 4 aromatic carbocycles. The highest BCUT2D eigenvalue weighted by Gasteiger charge is 2.11. The Morgan fingerprint density at radius 3 is 2.10 bits per heavy atom. The number of fused-ring (bicyclic) bond motifs is 5. The minimum absolute atomic E-state index is 0.538. The molecule has 2 heteroatoms. The van der Waals surface area contributed by atoms with Crippen LogP contribution >= 0.6 is 0 Å². The highest BCUT2D eigenvalue weighted by atomic mass is 16.1. The van der Waals surface area contributed by atoms with Gasteiger partial charge in [-0.15, -0.1) is 0 Å². The molecule has 0 saturated carbocycles. The molecule has 0 spiro atoms. The Morgan fingerprint density at radius 1 is 0.767 bits per heavy atom. The van der Waals surface area contributed by atoms with Crippen LogP contribution in [0.4, 0.5) is 0 Å². The first kappa shape index (κ1) is 19.9. The largest absolute Gasteiger partial charge is 0.340 e. The van der Waals surface area contributed by atoms with E-state index in [0.717, 1.165) is 18.4 Å². The standard InChI is InChI=1S/C18H15N.C10H12O/c1-2-19-17-10-6-5-9-15(17)16-12-11-13-7-3-4-8-14(13)18(16)19;1-8(2)10-5-3-9(7-11)4-6-10/h3-12H,2H2,1H3;3-8H,1-2H3. The summed E-state index contributed by atoms with van der Waals surface area (Å²) in [5, 5.41) is 5.37. The van der Waals surface area contributed by atoms with Gasteiger partial charge in [-0.3, -0.25) is 4.79 Å². The molecule has 0 saturated heterocycles. The van der Waals surface area contributed by atoms with Crippen molar-refractivity contribution in [3.63, 3.8) is 0 Å². The van der Waals surface area contributed by atoms with Gasteiger partial charge in [0.15, 0.2) is 0 Å². The summed E-state index contributed by atoms with van der Waals surface area (Å²) in [6.07, 6.45) is 0.865. The van der Waals surface area contributed by atoms with Gasteiger partial charge in [-0.2, -0.15) is 0 Å². The molecule has 1 aromatic heterocycles. The number of aromatic nitrogens is 1. The molecular formula is C28H27NO. The average molecular weight is 394 g/mol. The number of rotatable bonds is 3. The van der Waals surface area contributed by atoms with Gasteiger partial charge in [-0.25, -0.2) is 0 Å². The molecule has 0 radical (unpaired) electrons. The summed E-state index contributed by atoms with van der Waals surface area (Å²) in [6, 6.07) is 29.5. The summed E-state index contributed by atoms with van der Waals surface area (Å²) in [5.41, 5.74) is 4.71. The maximum absolute atomic E-state index is 10.3. The number of hydrogen-bond donors (Lipinski definition) is 0. The van der Waals surface area contributed by atoms with Crippen LogP contribution in [0.25, 0.3) is 32.6 Å². The van der Waals surface area contributed by atoms with E-state index in [4.69, 9.17) is 0 Å². The van der Waals surface area contributed by atoms with E-state index < -0.39 is 0 Å². The van der Waals surface area contributed by atoms with Gasteiger partial charge in [0, 0.05) is 33.8 Å². The Kier molecular flexibility index (Phi) is 5.67. The van der Waals surface area contributed by atoms with Gasteiger partial charge >= 0.3 is 0 Å². The van der Waals surface area contributed by atoms with Crippen LogP contribution in [0.1, 0.15) is 42.6 Å². The summed E-state index contributed by atoms with van der Waals surface area (Å²) >= 11 is 0. The lowest BCUT2D eigenvalue weighted by Gasteiger charge is -2.06. The van der Waals surface area contributed by atoms with Crippen LogP contribution < -0.4 is 0 Å². The predicted molar refractivity (Wildman–Crippen MR) is 129 cm³/mol. The topological polar surface area (TPSA) is 22.0 Å². The van der Waals surface area contributed by atoms with Gasteiger partial charge in [0.05, 0.1) is 5.52 Å². The fourth-order valence-electron chi connectivity index (χ4n) is 4.11. The van der Waals surface area contributed by atoms with E-state index in [2.05, 4.69) is 86.0 Å². The zero-order chi connectivity index (χ0) is 21.1. The van der Waals surface area contributed by atoms with Crippen molar-refractivity contribution >= 4 is 38.9 Å². The lowest BCUT2D eigenvalue weighted by atomic mass is 10.0. The Labute approximate surface area is 177 Å². The smallest absolute Gasteiger partial charge is 0.150 e. The van der Waals surface area contributed by atoms with E-state index in [0.29, 0.717) is 5.92 Å². The zero-order valence-electron chi connectivity index (χ0n) is 17.8. The average Bonchev–Trinajstić information content (AvgIpc) is 3.13. The van der Waals surface area contributed by atoms with E-state index in [1.54, 1.807) is 0 Å². The maximum atomic E-state index is 10.3. The third-order valence-electron chi connectivity index (χ3n) is 5.71. The van der Waals surface area contributed by atoms with Gasteiger partial charge in [-0.05, 0) is 29.9 Å². The first-order valence-electron chi connectivity index (χ1n) is 10.6. The van der Waals surface area contributed by atoms with Crippen LogP contribution in [-0.4, -0.2) is 10.9 Å². The fourth-order valence-corrected chi connectivity index (χ4v) is 4.11. The second kappa shape index (κ2) is 8.54. The van der Waals surface area contributed by atoms with Gasteiger partial charge in [0.1, 0.15) is 6.29 Å². The van der Waals surface area contributed by atoms with Crippen LogP contribution in [-0.2, 0) is 6.54 Å². The molecule has 1 heterocycles. The molecule has 0 unspecified atom stereocenters. The number of nitrogens with zero attached hydrogens (tertiary/aromatic N) is 1. The van der Waals surface area contributed by atoms with Crippen molar-refractivity contribution in [2.75, 3.05) is 0 Å². The van der Waals surface area contributed by atoms with Crippen molar-refractivity contribution in [1.29, 1.82) is 0 Å². The van der Waals surface area contributed by atoms with Crippen molar-refractivity contribution in [1.82, 2.24) is 4.57 Å². The van der Waals surface area contributed by atoms with Crippen molar-refractivity contribution < 1.29 is 4.79 Å². The Bertz CT molecular complexity index is 1310. The van der Waals surface area contributed by atoms with Gasteiger partial charge in [0.25, 0.3) is 0 Å². The van der Waals surface area contributed by atoms with Crippen molar-refractivity contribution in [3.8, 4) is 0 Å². The molecule has 0 amide bonds. The van der Waals surface area contributed by atoms with Crippen LogP contribution in [0.3, 0.4) is 0 Å². The second-order valence-electron chi connectivity index (χ2n) is 7.88. The molecule has 0 N–H and O–H groups in total. The van der Waals surface area contributed by atoms with Gasteiger partial charge in [0.2, 0.25) is 0 Å². The molecule has 5 rings (SSSR count). The van der Waals surface area contributed by atoms with E-state index in [1.165, 1.54) is 38.1 Å². The maximum Gasteiger partial charge on any atom is 0.150 e. The number of carbonyl (C=O) groups is 1. The SMILES string of the molecule is CC(C)c1ccc(C=O)cc1.CCn1c2ccccc2c2ccc3ccccc3c21. The normalized spacial score (nSPS) is 11.1. The quantitative estimate of drug-likeness (QED) is 0.289. The van der Waals surface area contributed by atoms with Crippen LogP contribution in [0, 0.1) is 0 Å². The zero-order valence-corrected chi connectivity index (χ0v) is 17.8. The minimum atomic E-state index is 0.538. The molecule has 30 heavy (non-hydrogen) atoms. The van der Waals surface area contributed by atoms with E-state index in [1.807, 2.05) is 24.3 Å². The molecule has 2 nitrogen and oxygen atoms in total. The summed E-state index contributed by atoms with van der Waals surface area (Å²) in [5.74, 6) is 0.538. The number of para-hydroxylation sites is 1. The lowest BCUT2D eigenvalue weighted by Crippen LogP contribution is -1.93. The highest BCUT2D eigenvalue weighted by molar-refractivity contribution is 6.17. The summed E-state index contributed by atoms with van der Waals surface area (Å²) in [6.45, 7) is 7.48. The minimum Gasteiger partial charge on any atom is -0.340 e. The molecule has 0 aliphatic heterocycles. The van der Waals surface area contributed by atoms with Crippen LogP contribution in [0.15, 0.2) is 84.9 Å². The Morgan fingerprint density at radius 2 is 1.43 bits per heavy atom. The number of aryl methyl sites for hydroxylation is 1. The van der Waals surface area contributed by atoms with Gasteiger partial charge in [-0.1, -0.05) is 92.7 Å². The number of aldehydes is 1. The van der Waals surface area contributed by atoms with Crippen molar-refractivity contribution in [3.05, 3.63) is 96.1 Å². The molecule has 0 aliphatic rings. The van der Waals surface area contributed by atoms with Gasteiger partial charge < -0.3 is 4.57 Å². The summed E-state index contributed by atoms with van der Waals surface area (Å²) in [4.78, 5) is 10.3. The van der Waals surface area contributed by atoms with Crippen LogP contribution in [0.5, 0.6) is 0 Å². The number of hydrogen-bond acceptors (Lipinski definition) is 1. The number of benzene rings is 4. The van der Waals surface area contributed by atoms with Crippen molar-refractivity contribution in [2.45, 2.75) is 33.2 Å². The molecular weight excluding hydrogens is 366 g/mol. The van der Waals surface area contributed by atoms with Crippen LogP contribution in [0.2, 0.25) is 0 Å². The second-order valence-corrected chi connectivity index (χ2v) is 7.88. The Hall–Kier alpha value is -3.39. The third-order valence-corrected chi connectivity index (χ3v) is 5.71. The molecule has 0 aliphatic carbocycles. The van der Waals surface area contributed by atoms with E-state index in [9.17, 15) is 4.79 Å². The highest BCUT2D eigenvalue weighted by Crippen LogP contribution is 2.33. The monoisotopic (exact) mass is 393 g/mol. The molecule has 0 atom stereocenters. The predicted octanol–water partition coefficient (Wildman–Crippen LogP) is 7.59. The lowest BCUT2D eigenvalue weighted by molar-refractivity contribution is 0.112. The molecule has 150 valence electrons. The Balaban J connectivity index is 0.000000170. The molecule has 5 aromatic rings.